The number of hydrogen-bond donors (Lipinski definition) is 1. The van der Waals surface area contributed by atoms with Gasteiger partial charge in [-0.25, -0.2) is 0 Å². The average Bonchev–Trinajstić information content (AvgIpc) is 1.85. The average molecular weight is 158 g/mol. The standard InChI is InChI=1S/C8H14O3/c1-6-4-7(2-3-11-6)5-8(9)10/h6-7H,2-5H2,1H3,(H,9,10)/t6-,7-/m1/s1. The van der Waals surface area contributed by atoms with Crippen LogP contribution in [0.5, 0.6) is 0 Å². The SMILES string of the molecule is C[C@@H]1C[C@H](CC(=O)O)CCO1. The lowest BCUT2D eigenvalue weighted by Gasteiger charge is -2.25. The first-order valence-corrected chi connectivity index (χ1v) is 4.02. The Labute approximate surface area is 66.4 Å². The topological polar surface area (TPSA) is 46.5 Å². The molecule has 11 heavy (non-hydrogen) atoms. The Morgan fingerprint density at radius 3 is 3.00 bits per heavy atom. The number of carboxylic acid groups (broad SMARTS) is 1. The van der Waals surface area contributed by atoms with Gasteiger partial charge in [0.1, 0.15) is 0 Å². The highest BCUT2D eigenvalue weighted by Crippen LogP contribution is 2.22. The van der Waals surface area contributed by atoms with E-state index in [-0.39, 0.29) is 6.10 Å². The van der Waals surface area contributed by atoms with Crippen molar-refractivity contribution in [3.8, 4) is 0 Å². The molecule has 2 atom stereocenters. The third-order valence-electron chi connectivity index (χ3n) is 2.06. The molecule has 1 aliphatic heterocycles. The summed E-state index contributed by atoms with van der Waals surface area (Å²) >= 11 is 0. The molecule has 0 unspecified atom stereocenters. The van der Waals surface area contributed by atoms with Crippen LogP contribution >= 0.6 is 0 Å². The number of aliphatic carboxylic acids is 1. The lowest BCUT2D eigenvalue weighted by Crippen LogP contribution is -2.24. The molecule has 1 fully saturated rings. The van der Waals surface area contributed by atoms with Crippen LogP contribution in [-0.2, 0) is 9.53 Å². The maximum atomic E-state index is 10.3. The highest BCUT2D eigenvalue weighted by atomic mass is 16.5. The molecule has 0 aromatic rings. The molecule has 1 N–H and O–H groups in total. The number of carbonyl (C=O) groups is 1. The van der Waals surface area contributed by atoms with Gasteiger partial charge in [-0.15, -0.1) is 0 Å². The summed E-state index contributed by atoms with van der Waals surface area (Å²) in [4.78, 5) is 10.3. The Hall–Kier alpha value is -0.570. The summed E-state index contributed by atoms with van der Waals surface area (Å²) < 4.78 is 5.30. The predicted octanol–water partition coefficient (Wildman–Crippen LogP) is 1.28. The van der Waals surface area contributed by atoms with Gasteiger partial charge in [0.25, 0.3) is 0 Å². The lowest BCUT2D eigenvalue weighted by molar-refractivity contribution is -0.139. The molecule has 0 saturated carbocycles. The van der Waals surface area contributed by atoms with E-state index < -0.39 is 5.97 Å². The van der Waals surface area contributed by atoms with Crippen molar-refractivity contribution in [2.45, 2.75) is 32.3 Å². The first-order valence-electron chi connectivity index (χ1n) is 4.02. The van der Waals surface area contributed by atoms with Gasteiger partial charge in [-0.1, -0.05) is 0 Å². The smallest absolute Gasteiger partial charge is 0.303 e. The van der Waals surface area contributed by atoms with Crippen molar-refractivity contribution in [3.05, 3.63) is 0 Å². The van der Waals surface area contributed by atoms with Gasteiger partial charge in [-0.2, -0.15) is 0 Å². The third-order valence-corrected chi connectivity index (χ3v) is 2.06. The van der Waals surface area contributed by atoms with Crippen LogP contribution in [0.3, 0.4) is 0 Å². The molecule has 0 radical (unpaired) electrons. The molecular formula is C8H14O3. The summed E-state index contributed by atoms with van der Waals surface area (Å²) in [6.45, 7) is 2.72. The van der Waals surface area contributed by atoms with Crippen molar-refractivity contribution in [1.29, 1.82) is 0 Å². The summed E-state index contributed by atoms with van der Waals surface area (Å²) in [5.74, 6) is -0.361. The predicted molar refractivity (Wildman–Crippen MR) is 40.4 cm³/mol. The summed E-state index contributed by atoms with van der Waals surface area (Å²) in [5, 5.41) is 8.51. The van der Waals surface area contributed by atoms with E-state index in [0.717, 1.165) is 19.4 Å². The van der Waals surface area contributed by atoms with Crippen molar-refractivity contribution in [1.82, 2.24) is 0 Å². The van der Waals surface area contributed by atoms with Gasteiger partial charge in [0, 0.05) is 13.0 Å². The second kappa shape index (κ2) is 3.72. The fraction of sp³-hybridized carbons (Fsp3) is 0.875. The Kier molecular flexibility index (Phi) is 2.88. The van der Waals surface area contributed by atoms with E-state index in [1.54, 1.807) is 0 Å². The summed E-state index contributed by atoms with van der Waals surface area (Å²) in [7, 11) is 0. The molecule has 0 spiro atoms. The van der Waals surface area contributed by atoms with Crippen molar-refractivity contribution >= 4 is 5.97 Å². The van der Waals surface area contributed by atoms with E-state index in [4.69, 9.17) is 9.84 Å². The van der Waals surface area contributed by atoms with Crippen LogP contribution in [-0.4, -0.2) is 23.8 Å². The van der Waals surface area contributed by atoms with Crippen LogP contribution < -0.4 is 0 Å². The zero-order chi connectivity index (χ0) is 8.27. The normalized spacial score (nSPS) is 31.7. The lowest BCUT2D eigenvalue weighted by atomic mass is 9.93. The minimum Gasteiger partial charge on any atom is -0.481 e. The van der Waals surface area contributed by atoms with Crippen LogP contribution in [0, 0.1) is 5.92 Å². The monoisotopic (exact) mass is 158 g/mol. The van der Waals surface area contributed by atoms with Gasteiger partial charge in [0.05, 0.1) is 6.10 Å². The molecule has 1 aliphatic rings. The number of ether oxygens (including phenoxy) is 1. The number of hydrogen-bond acceptors (Lipinski definition) is 2. The largest absolute Gasteiger partial charge is 0.481 e. The first kappa shape index (κ1) is 8.53. The molecule has 1 heterocycles. The Morgan fingerprint density at radius 2 is 2.45 bits per heavy atom. The second-order valence-corrected chi connectivity index (χ2v) is 3.17. The van der Waals surface area contributed by atoms with Crippen LogP contribution in [0.4, 0.5) is 0 Å². The molecule has 1 rings (SSSR count). The van der Waals surface area contributed by atoms with E-state index in [9.17, 15) is 4.79 Å². The van der Waals surface area contributed by atoms with E-state index in [1.807, 2.05) is 6.92 Å². The summed E-state index contributed by atoms with van der Waals surface area (Å²) in [6, 6.07) is 0. The molecule has 0 aromatic carbocycles. The van der Waals surface area contributed by atoms with Gasteiger partial charge in [0.2, 0.25) is 0 Å². The van der Waals surface area contributed by atoms with Crippen LogP contribution in [0.1, 0.15) is 26.2 Å². The molecule has 0 bridgehead atoms. The van der Waals surface area contributed by atoms with E-state index in [1.165, 1.54) is 0 Å². The van der Waals surface area contributed by atoms with Crippen LogP contribution in [0.2, 0.25) is 0 Å². The molecule has 64 valence electrons. The fourth-order valence-electron chi connectivity index (χ4n) is 1.52. The highest BCUT2D eigenvalue weighted by molar-refractivity contribution is 5.67. The summed E-state index contributed by atoms with van der Waals surface area (Å²) in [6.07, 6.45) is 2.34. The van der Waals surface area contributed by atoms with Gasteiger partial charge < -0.3 is 9.84 Å². The molecule has 0 amide bonds. The first-order chi connectivity index (χ1) is 5.18. The van der Waals surface area contributed by atoms with Gasteiger partial charge in [0.15, 0.2) is 0 Å². The maximum absolute atomic E-state index is 10.3. The van der Waals surface area contributed by atoms with Crippen molar-refractivity contribution in [2.24, 2.45) is 5.92 Å². The number of rotatable bonds is 2. The fourth-order valence-corrected chi connectivity index (χ4v) is 1.52. The summed E-state index contributed by atoms with van der Waals surface area (Å²) in [5.41, 5.74) is 0. The van der Waals surface area contributed by atoms with Crippen molar-refractivity contribution in [3.63, 3.8) is 0 Å². The van der Waals surface area contributed by atoms with Gasteiger partial charge in [-0.3, -0.25) is 4.79 Å². The van der Waals surface area contributed by atoms with E-state index >= 15 is 0 Å². The Balaban J connectivity index is 2.28. The van der Waals surface area contributed by atoms with Crippen LogP contribution in [0.25, 0.3) is 0 Å². The molecule has 1 saturated heterocycles. The van der Waals surface area contributed by atoms with Gasteiger partial charge in [-0.05, 0) is 25.7 Å². The van der Waals surface area contributed by atoms with Gasteiger partial charge >= 0.3 is 5.97 Å². The van der Waals surface area contributed by atoms with E-state index in [0.29, 0.717) is 12.3 Å². The molecular weight excluding hydrogens is 144 g/mol. The molecule has 3 heteroatoms. The highest BCUT2D eigenvalue weighted by Gasteiger charge is 2.21. The zero-order valence-electron chi connectivity index (χ0n) is 6.75. The second-order valence-electron chi connectivity index (χ2n) is 3.17. The van der Waals surface area contributed by atoms with Crippen LogP contribution in [0.15, 0.2) is 0 Å². The quantitative estimate of drug-likeness (QED) is 0.658. The zero-order valence-corrected chi connectivity index (χ0v) is 6.75. The van der Waals surface area contributed by atoms with Crippen molar-refractivity contribution < 1.29 is 14.6 Å². The van der Waals surface area contributed by atoms with E-state index in [2.05, 4.69) is 0 Å². The van der Waals surface area contributed by atoms with Crippen molar-refractivity contribution in [2.75, 3.05) is 6.61 Å². The minimum absolute atomic E-state index is 0.244. The maximum Gasteiger partial charge on any atom is 0.303 e. The third kappa shape index (κ3) is 2.89. The molecule has 3 nitrogen and oxygen atoms in total. The number of carboxylic acids is 1. The Bertz CT molecular complexity index is 144. The minimum atomic E-state index is -0.691. The Morgan fingerprint density at radius 1 is 1.73 bits per heavy atom. The molecule has 0 aliphatic carbocycles. The molecule has 0 aromatic heterocycles.